The quantitative estimate of drug-likeness (QED) is 0.535. The lowest BCUT2D eigenvalue weighted by Gasteiger charge is -2.24. The third-order valence-corrected chi connectivity index (χ3v) is 5.19. The normalized spacial score (nSPS) is 18.8. The highest BCUT2D eigenvalue weighted by Gasteiger charge is 2.36. The third-order valence-electron chi connectivity index (χ3n) is 5.19. The molecule has 8 nitrogen and oxygen atoms in total. The molecule has 8 heteroatoms. The number of anilines is 1. The molecule has 0 radical (unpaired) electrons. The number of nitrogens with zero attached hydrogens (tertiary/aromatic N) is 4. The summed E-state index contributed by atoms with van der Waals surface area (Å²) in [6.45, 7) is 4.05. The molecular formula is C22H33N5O3. The fourth-order valence-corrected chi connectivity index (χ4v) is 3.57. The smallest absolute Gasteiger partial charge is 0.225 e. The maximum Gasteiger partial charge on any atom is 0.225 e. The van der Waals surface area contributed by atoms with Crippen LogP contribution in [0.4, 0.5) is 5.95 Å². The molecule has 0 amide bonds. The average molecular weight is 416 g/mol. The minimum absolute atomic E-state index is 0.501. The van der Waals surface area contributed by atoms with E-state index in [1.165, 1.54) is 0 Å². The van der Waals surface area contributed by atoms with Crippen molar-refractivity contribution in [1.82, 2.24) is 20.2 Å². The molecule has 0 bridgehead atoms. The molecule has 1 atom stereocenters. The Morgan fingerprint density at radius 3 is 2.77 bits per heavy atom. The molecule has 2 aromatic rings. The lowest BCUT2D eigenvalue weighted by molar-refractivity contribution is 0.0626. The first-order chi connectivity index (χ1) is 14.5. The highest BCUT2D eigenvalue weighted by atomic mass is 16.5. The van der Waals surface area contributed by atoms with E-state index in [0.717, 1.165) is 36.6 Å². The van der Waals surface area contributed by atoms with Crippen LogP contribution in [0.1, 0.15) is 18.4 Å². The van der Waals surface area contributed by atoms with Gasteiger partial charge in [-0.05, 0) is 50.7 Å². The summed E-state index contributed by atoms with van der Waals surface area (Å²) in [7, 11) is 5.76. The van der Waals surface area contributed by atoms with E-state index in [-0.39, 0.29) is 0 Å². The van der Waals surface area contributed by atoms with Crippen LogP contribution in [0.25, 0.3) is 0 Å². The van der Waals surface area contributed by atoms with Crippen LogP contribution < -0.4 is 19.7 Å². The van der Waals surface area contributed by atoms with E-state index in [2.05, 4.69) is 34.3 Å². The molecule has 0 unspecified atom stereocenters. The number of aliphatic hydroxyl groups is 1. The zero-order valence-electron chi connectivity index (χ0n) is 18.2. The van der Waals surface area contributed by atoms with Gasteiger partial charge >= 0.3 is 0 Å². The van der Waals surface area contributed by atoms with Gasteiger partial charge in [0.2, 0.25) is 5.95 Å². The summed E-state index contributed by atoms with van der Waals surface area (Å²) in [5.74, 6) is 2.15. The van der Waals surface area contributed by atoms with E-state index in [4.69, 9.17) is 9.47 Å². The molecule has 1 saturated heterocycles. The van der Waals surface area contributed by atoms with Crippen molar-refractivity contribution in [2.45, 2.75) is 25.0 Å². The van der Waals surface area contributed by atoms with E-state index in [1.807, 2.05) is 23.1 Å². The molecule has 1 aliphatic rings. The summed E-state index contributed by atoms with van der Waals surface area (Å²) in [5, 5.41) is 14.3. The van der Waals surface area contributed by atoms with Crippen molar-refractivity contribution in [2.75, 3.05) is 58.9 Å². The van der Waals surface area contributed by atoms with Gasteiger partial charge in [-0.15, -0.1) is 0 Å². The average Bonchev–Trinajstić information content (AvgIpc) is 3.14. The van der Waals surface area contributed by atoms with Crippen LogP contribution in [0.5, 0.6) is 11.5 Å². The van der Waals surface area contributed by atoms with Gasteiger partial charge in [0.15, 0.2) is 11.5 Å². The summed E-state index contributed by atoms with van der Waals surface area (Å²) in [6, 6.07) is 7.75. The number of benzene rings is 1. The van der Waals surface area contributed by atoms with Crippen molar-refractivity contribution >= 4 is 5.95 Å². The second-order valence-electron chi connectivity index (χ2n) is 8.04. The number of nitrogens with one attached hydrogen (secondary N) is 1. The van der Waals surface area contributed by atoms with Gasteiger partial charge < -0.3 is 29.7 Å². The zero-order valence-corrected chi connectivity index (χ0v) is 18.2. The van der Waals surface area contributed by atoms with Gasteiger partial charge in [-0.3, -0.25) is 0 Å². The van der Waals surface area contributed by atoms with Gasteiger partial charge in [-0.25, -0.2) is 9.97 Å². The molecular weight excluding hydrogens is 382 g/mol. The fourth-order valence-electron chi connectivity index (χ4n) is 3.57. The molecule has 1 aromatic heterocycles. The highest BCUT2D eigenvalue weighted by molar-refractivity contribution is 5.43. The SMILES string of the molecule is COc1cc(CNC[C@@]2(O)CCN(c3ncccn3)C2)ccc1OCCCN(C)C. The van der Waals surface area contributed by atoms with E-state index in [1.54, 1.807) is 25.6 Å². The Morgan fingerprint density at radius 2 is 2.03 bits per heavy atom. The third kappa shape index (κ3) is 6.29. The first-order valence-corrected chi connectivity index (χ1v) is 10.4. The first kappa shape index (κ1) is 22.3. The predicted octanol–water partition coefficient (Wildman–Crippen LogP) is 1.55. The maximum absolute atomic E-state index is 10.9. The van der Waals surface area contributed by atoms with Gasteiger partial charge in [0, 0.05) is 38.6 Å². The number of rotatable bonds is 11. The highest BCUT2D eigenvalue weighted by Crippen LogP contribution is 2.28. The van der Waals surface area contributed by atoms with Gasteiger partial charge in [0.05, 0.1) is 25.9 Å². The van der Waals surface area contributed by atoms with E-state index < -0.39 is 5.60 Å². The Morgan fingerprint density at radius 1 is 1.23 bits per heavy atom. The Hall–Kier alpha value is -2.42. The Balaban J connectivity index is 1.47. The molecule has 1 aliphatic heterocycles. The Bertz CT molecular complexity index is 790. The van der Waals surface area contributed by atoms with Gasteiger partial charge in [0.25, 0.3) is 0 Å². The van der Waals surface area contributed by atoms with Crippen molar-refractivity contribution in [1.29, 1.82) is 0 Å². The van der Waals surface area contributed by atoms with Crippen molar-refractivity contribution < 1.29 is 14.6 Å². The lowest BCUT2D eigenvalue weighted by atomic mass is 10.0. The van der Waals surface area contributed by atoms with Crippen molar-refractivity contribution in [2.24, 2.45) is 0 Å². The Kier molecular flexibility index (Phi) is 7.84. The number of hydrogen-bond donors (Lipinski definition) is 2. The molecule has 3 rings (SSSR count). The molecule has 164 valence electrons. The van der Waals surface area contributed by atoms with Crippen LogP contribution in [-0.2, 0) is 6.54 Å². The molecule has 1 fully saturated rings. The molecule has 2 heterocycles. The van der Waals surface area contributed by atoms with Crippen LogP contribution in [0.2, 0.25) is 0 Å². The van der Waals surface area contributed by atoms with Crippen LogP contribution >= 0.6 is 0 Å². The number of methoxy groups -OCH3 is 1. The van der Waals surface area contributed by atoms with Gasteiger partial charge in [-0.1, -0.05) is 6.07 Å². The number of β-amino-alcohol motifs (C(OH)–C–C–N with tert-alkyl or cyclic N) is 1. The van der Waals surface area contributed by atoms with Crippen LogP contribution in [-0.4, -0.2) is 79.6 Å². The topological polar surface area (TPSA) is 83.0 Å². The molecule has 0 aliphatic carbocycles. The minimum atomic E-state index is -0.793. The van der Waals surface area contributed by atoms with Gasteiger partial charge in [0.1, 0.15) is 0 Å². The summed E-state index contributed by atoms with van der Waals surface area (Å²) >= 11 is 0. The van der Waals surface area contributed by atoms with E-state index in [0.29, 0.717) is 38.6 Å². The molecule has 30 heavy (non-hydrogen) atoms. The number of ether oxygens (including phenoxy) is 2. The first-order valence-electron chi connectivity index (χ1n) is 10.4. The molecule has 1 aromatic carbocycles. The van der Waals surface area contributed by atoms with Crippen molar-refractivity contribution in [3.63, 3.8) is 0 Å². The summed E-state index contributed by atoms with van der Waals surface area (Å²) < 4.78 is 11.4. The molecule has 0 spiro atoms. The van der Waals surface area contributed by atoms with E-state index >= 15 is 0 Å². The van der Waals surface area contributed by atoms with Crippen molar-refractivity contribution in [3.8, 4) is 11.5 Å². The van der Waals surface area contributed by atoms with Gasteiger partial charge in [-0.2, -0.15) is 0 Å². The minimum Gasteiger partial charge on any atom is -0.493 e. The van der Waals surface area contributed by atoms with Crippen molar-refractivity contribution in [3.05, 3.63) is 42.2 Å². The zero-order chi connectivity index (χ0) is 21.4. The second-order valence-corrected chi connectivity index (χ2v) is 8.04. The molecule has 0 saturated carbocycles. The number of aromatic nitrogens is 2. The van der Waals surface area contributed by atoms with E-state index in [9.17, 15) is 5.11 Å². The van der Waals surface area contributed by atoms with Crippen LogP contribution in [0, 0.1) is 0 Å². The maximum atomic E-state index is 10.9. The van der Waals surface area contributed by atoms with Crippen LogP contribution in [0.15, 0.2) is 36.7 Å². The second kappa shape index (κ2) is 10.6. The summed E-state index contributed by atoms with van der Waals surface area (Å²) in [4.78, 5) is 12.7. The monoisotopic (exact) mass is 415 g/mol. The predicted molar refractivity (Wildman–Crippen MR) is 117 cm³/mol. The fraction of sp³-hybridized carbons (Fsp3) is 0.545. The lowest BCUT2D eigenvalue weighted by Crippen LogP contribution is -2.43. The summed E-state index contributed by atoms with van der Waals surface area (Å²) in [5.41, 5.74) is 0.288. The number of hydrogen-bond acceptors (Lipinski definition) is 8. The summed E-state index contributed by atoms with van der Waals surface area (Å²) in [6.07, 6.45) is 5.09. The molecule has 2 N–H and O–H groups in total. The van der Waals surface area contributed by atoms with Crippen LogP contribution in [0.3, 0.4) is 0 Å². The Labute approximate surface area is 178 Å². The standard InChI is InChI=1S/C22H33N5O3/c1-26(2)11-5-13-30-19-7-6-18(14-20(19)29-3)15-23-16-22(28)8-12-27(17-22)21-24-9-4-10-25-21/h4,6-7,9-10,14,23,28H,5,8,11-13,15-17H2,1-3H3/t22-/m0/s1. The largest absolute Gasteiger partial charge is 0.493 e.